The highest BCUT2D eigenvalue weighted by atomic mass is 35.5. The van der Waals surface area contributed by atoms with Crippen LogP contribution in [0.1, 0.15) is 105 Å². The van der Waals surface area contributed by atoms with E-state index in [2.05, 4.69) is 10.6 Å². The molecule has 34 heteroatoms. The number of carbonyl (C=O) groups excluding carboxylic acids is 9. The fourth-order valence-corrected chi connectivity index (χ4v) is 10.3. The summed E-state index contributed by atoms with van der Waals surface area (Å²) in [5.41, 5.74) is 16.0. The summed E-state index contributed by atoms with van der Waals surface area (Å²) in [6.45, 7) is 12.0. The van der Waals surface area contributed by atoms with E-state index in [1.807, 2.05) is 0 Å². The molecule has 28 nitrogen and oxygen atoms in total. The second kappa shape index (κ2) is 44.9. The van der Waals surface area contributed by atoms with Crippen LogP contribution in [0.3, 0.4) is 0 Å². The number of ether oxygens (including phenoxy) is 6. The molecule has 0 aliphatic carbocycles. The van der Waals surface area contributed by atoms with Gasteiger partial charge in [0.05, 0.1) is 25.3 Å². The van der Waals surface area contributed by atoms with Crippen LogP contribution in [0.15, 0.2) is 120 Å². The maximum absolute atomic E-state index is 13.2. The number of hydrogen-bond acceptors (Lipinski definition) is 18. The van der Waals surface area contributed by atoms with Crippen LogP contribution in [0.5, 0.6) is 23.0 Å². The highest BCUT2D eigenvalue weighted by Gasteiger charge is 2.31. The second-order valence-corrected chi connectivity index (χ2v) is 27.8. The summed E-state index contributed by atoms with van der Waals surface area (Å²) >= 11 is 0. The van der Waals surface area contributed by atoms with Crippen LogP contribution < -0.4 is 41.0 Å². The number of hydrogen-bond donors (Lipinski definition) is 5. The van der Waals surface area contributed by atoms with Crippen molar-refractivity contribution in [2.75, 3.05) is 147 Å². The topological polar surface area (TPSA) is 345 Å². The van der Waals surface area contributed by atoms with Gasteiger partial charge in [0.1, 0.15) is 86.8 Å². The van der Waals surface area contributed by atoms with E-state index in [9.17, 15) is 65.5 Å². The first-order chi connectivity index (χ1) is 51.0. The molecule has 0 saturated heterocycles. The molecule has 0 unspecified atom stereocenters. The van der Waals surface area contributed by atoms with Crippen LogP contribution in [0, 0.1) is 0 Å². The van der Waals surface area contributed by atoms with E-state index in [1.54, 1.807) is 166 Å². The Balaban J connectivity index is 0.000000380. The van der Waals surface area contributed by atoms with E-state index >= 15 is 0 Å². The fourth-order valence-electron chi connectivity index (χ4n) is 10.3. The maximum Gasteiger partial charge on any atom is 0.407 e. The molecule has 0 aromatic heterocycles. The molecular formula is C76H101Cl2F4N11O17. The minimum atomic E-state index is -1.06. The third-order valence-electron chi connectivity index (χ3n) is 16.3. The Morgan fingerprint density at radius 1 is 0.427 bits per heavy atom. The molecule has 0 fully saturated rings. The summed E-state index contributed by atoms with van der Waals surface area (Å²) in [5, 5.41) is 13.8. The van der Waals surface area contributed by atoms with E-state index in [1.165, 1.54) is 24.5 Å². The molecule has 7 N–H and O–H groups in total. The molecule has 4 aromatic rings. The van der Waals surface area contributed by atoms with Gasteiger partial charge in [0, 0.05) is 139 Å². The van der Waals surface area contributed by atoms with Gasteiger partial charge in [-0.05, 0) is 162 Å². The predicted molar refractivity (Wildman–Crippen MR) is 408 cm³/mol. The summed E-state index contributed by atoms with van der Waals surface area (Å²) in [6.07, 6.45) is 2.71. The van der Waals surface area contributed by atoms with Crippen molar-refractivity contribution in [2.24, 2.45) is 11.5 Å². The van der Waals surface area contributed by atoms with Crippen molar-refractivity contribution in [3.63, 3.8) is 0 Å². The first-order valence-corrected chi connectivity index (χ1v) is 34.5. The quantitative estimate of drug-likeness (QED) is 0.0374. The number of carbonyl (C=O) groups is 10. The molecule has 4 aromatic carbocycles. The lowest BCUT2D eigenvalue weighted by Gasteiger charge is -2.29. The molecular weight excluding hydrogens is 1490 g/mol. The zero-order valence-corrected chi connectivity index (χ0v) is 65.6. The van der Waals surface area contributed by atoms with Crippen LogP contribution in [-0.4, -0.2) is 257 Å². The summed E-state index contributed by atoms with van der Waals surface area (Å²) in [5.74, 6) is -0.235. The highest BCUT2D eigenvalue weighted by molar-refractivity contribution is 6.01. The second-order valence-electron chi connectivity index (χ2n) is 27.8. The molecule has 604 valence electrons. The minimum absolute atomic E-state index is 0. The van der Waals surface area contributed by atoms with Gasteiger partial charge in [-0.15, -0.1) is 24.8 Å². The van der Waals surface area contributed by atoms with Crippen LogP contribution >= 0.6 is 24.8 Å². The number of likely N-dealkylation sites (N-methyl/N-ethyl adjacent to an activating group) is 3. The number of benzene rings is 4. The molecule has 0 atom stereocenters. The van der Waals surface area contributed by atoms with E-state index < -0.39 is 29.4 Å². The van der Waals surface area contributed by atoms with Crippen molar-refractivity contribution >= 4 is 84.3 Å². The Hall–Kier alpha value is -10.4. The Bertz CT molecular complexity index is 3900. The third-order valence-corrected chi connectivity index (χ3v) is 16.3. The monoisotopic (exact) mass is 1590 g/mol. The Labute approximate surface area is 650 Å². The molecule has 4 aliphatic rings. The number of carboxylic acid groups (broad SMARTS) is 1. The highest BCUT2D eigenvalue weighted by Crippen LogP contribution is 2.29. The maximum atomic E-state index is 13.2. The van der Waals surface area contributed by atoms with Crippen LogP contribution in [0.2, 0.25) is 0 Å². The number of nitrogens with one attached hydrogen (secondary N) is 2. The fraction of sp³-hybridized carbons (Fsp3) is 0.447. The third kappa shape index (κ3) is 30.2. The van der Waals surface area contributed by atoms with Crippen LogP contribution in [-0.2, 0) is 54.3 Å². The van der Waals surface area contributed by atoms with Gasteiger partial charge in [0.25, 0.3) is 23.6 Å². The van der Waals surface area contributed by atoms with Crippen molar-refractivity contribution in [2.45, 2.75) is 78.4 Å². The number of aliphatic carboxylic acids is 1. The molecule has 0 radical (unpaired) electrons. The predicted octanol–water partition coefficient (Wildman–Crippen LogP) is 7.83. The van der Waals surface area contributed by atoms with Crippen molar-refractivity contribution in [3.05, 3.63) is 165 Å². The number of nitrogens with zero attached hydrogens (tertiary/aromatic N) is 7. The minimum Gasteiger partial charge on any atom is -0.489 e. The van der Waals surface area contributed by atoms with Gasteiger partial charge < -0.3 is 89.9 Å². The molecule has 4 heterocycles. The number of amides is 9. The SMILES string of the molecule is CC(C)(C)OC(=O)NC/C(=C\F)COc1ccc2c(c1)CCN(CC(=O)O)C2=O.CN(C)C(=O)CN1CCc2cc(OC/C(=C/F)CN)ccc2C1=O.CN(C)C(=O)CN1CCc2cc(OC/C(=C/F)CN)ccc2C1=O.CN(C)C(=O)CN1CCc2cc(OC/C(=C/F)CNC(=O)OC(C)(C)C)ccc2C1=O.Cl.Cl. The van der Waals surface area contributed by atoms with Gasteiger partial charge in [-0.1, -0.05) is 0 Å². The van der Waals surface area contributed by atoms with Gasteiger partial charge in [0.2, 0.25) is 17.7 Å². The number of rotatable bonds is 26. The molecule has 110 heavy (non-hydrogen) atoms. The van der Waals surface area contributed by atoms with Crippen LogP contribution in [0.25, 0.3) is 0 Å². The lowest BCUT2D eigenvalue weighted by Crippen LogP contribution is -2.43. The average Bonchev–Trinajstić information content (AvgIpc) is 0.821. The molecule has 8 rings (SSSR count). The normalized spacial score (nSPS) is 14.0. The smallest absolute Gasteiger partial charge is 0.407 e. The van der Waals surface area contributed by atoms with E-state index in [0.717, 1.165) is 22.3 Å². The Kier molecular flexibility index (Phi) is 38.3. The van der Waals surface area contributed by atoms with Crippen molar-refractivity contribution < 1.29 is 99.0 Å². The number of nitrogens with two attached hydrogens (primary N) is 2. The molecule has 4 aliphatic heterocycles. The lowest BCUT2D eigenvalue weighted by atomic mass is 9.98. The van der Waals surface area contributed by atoms with Crippen molar-refractivity contribution in [3.8, 4) is 23.0 Å². The largest absolute Gasteiger partial charge is 0.489 e. The number of carboxylic acids is 1. The van der Waals surface area contributed by atoms with Gasteiger partial charge >= 0.3 is 18.2 Å². The summed E-state index contributed by atoms with van der Waals surface area (Å²) in [7, 11) is 9.95. The molecule has 0 bridgehead atoms. The number of fused-ring (bicyclic) bond motifs is 4. The van der Waals surface area contributed by atoms with Crippen molar-refractivity contribution in [1.82, 2.24) is 44.9 Å². The number of halogens is 6. The Morgan fingerprint density at radius 3 is 0.873 bits per heavy atom. The lowest BCUT2D eigenvalue weighted by molar-refractivity contribution is -0.138. The average molecular weight is 1590 g/mol. The van der Waals surface area contributed by atoms with E-state index in [4.69, 9.17) is 45.0 Å². The van der Waals surface area contributed by atoms with Gasteiger partial charge in [-0.3, -0.25) is 38.4 Å². The van der Waals surface area contributed by atoms with E-state index in [0.29, 0.717) is 134 Å². The van der Waals surface area contributed by atoms with Gasteiger partial charge in [-0.25, -0.2) is 27.2 Å². The Morgan fingerprint density at radius 2 is 0.664 bits per heavy atom. The standard InChI is InChI=1S/C22H30FN3O5.C20H25FN2O6.2C17H22FN3O3.2ClH/c1-22(2,3)31-21(29)24-12-15(11-23)14-30-17-6-7-18-16(10-17)8-9-26(20(18)28)13-19(27)25(4)5;1-20(2,3)29-19(27)22-10-13(9-21)12-28-15-4-5-16-14(8-15)6-7-23(18(16)26)11-17(24)25;2*1-20(2)16(22)10-21-6-5-13-7-14(3-4-15(13)17(21)23)24-11-12(8-18)9-19;;/h6-7,10-11H,8-9,12-14H2,1-5H3,(H,24,29);4-5,8-9H,6-7,10-12H2,1-3H3,(H,22,27)(H,24,25);2*3-4,7-8H,5-6,9-11,19H2,1-2H3;2*1H/b15-11+;13-9+;2*12-8+;;. The summed E-state index contributed by atoms with van der Waals surface area (Å²) < 4.78 is 83.6. The van der Waals surface area contributed by atoms with Gasteiger partial charge in [-0.2, -0.15) is 0 Å². The first-order valence-electron chi connectivity index (χ1n) is 34.5. The molecule has 9 amide bonds. The zero-order valence-electron chi connectivity index (χ0n) is 64.0. The van der Waals surface area contributed by atoms with Crippen LogP contribution in [0.4, 0.5) is 27.2 Å². The van der Waals surface area contributed by atoms with Crippen molar-refractivity contribution in [1.29, 1.82) is 0 Å². The summed E-state index contributed by atoms with van der Waals surface area (Å²) in [6, 6.07) is 20.1. The first kappa shape index (κ1) is 93.8. The number of alkyl carbamates (subject to hydrolysis) is 2. The van der Waals surface area contributed by atoms with Gasteiger partial charge in [0.15, 0.2) is 0 Å². The summed E-state index contributed by atoms with van der Waals surface area (Å²) in [4.78, 5) is 130. The molecule has 0 spiro atoms. The zero-order chi connectivity index (χ0) is 80.2. The molecule has 0 saturated carbocycles. The van der Waals surface area contributed by atoms with E-state index in [-0.39, 0.29) is 156 Å².